The van der Waals surface area contributed by atoms with Crippen molar-refractivity contribution in [1.82, 2.24) is 9.55 Å². The molecule has 1 fully saturated rings. The number of aromatic amines is 1. The van der Waals surface area contributed by atoms with E-state index in [9.17, 15) is 22.8 Å². The third kappa shape index (κ3) is 4.85. The van der Waals surface area contributed by atoms with Crippen molar-refractivity contribution < 1.29 is 22.1 Å². The molecule has 2 rings (SSSR count). The van der Waals surface area contributed by atoms with E-state index in [0.29, 0.717) is 0 Å². The third-order valence-corrected chi connectivity index (χ3v) is 5.03. The van der Waals surface area contributed by atoms with Crippen molar-refractivity contribution in [1.29, 1.82) is 0 Å². The maximum atomic E-state index is 12.2. The van der Waals surface area contributed by atoms with Crippen molar-refractivity contribution in [3.63, 3.8) is 0 Å². The van der Waals surface area contributed by atoms with Gasteiger partial charge in [-0.05, 0) is 12.3 Å². The molecule has 1 aliphatic rings. The summed E-state index contributed by atoms with van der Waals surface area (Å²) in [6, 6.07) is 0. The minimum absolute atomic E-state index is 0.0109. The van der Waals surface area contributed by atoms with E-state index in [1.807, 2.05) is 0 Å². The maximum absolute atomic E-state index is 12.2. The number of ether oxygens (including phenoxy) is 1. The molecule has 1 aliphatic heterocycles. The maximum Gasteiger partial charge on any atom is 0.330 e. The van der Waals surface area contributed by atoms with Crippen molar-refractivity contribution in [2.24, 2.45) is 17.1 Å². The van der Waals surface area contributed by atoms with Gasteiger partial charge in [0.25, 0.3) is 15.7 Å². The summed E-state index contributed by atoms with van der Waals surface area (Å²) in [7, 11) is -3.85. The number of rotatable bonds is 5. The molecular weight excluding hydrogens is 378 g/mol. The molecule has 1 amide bonds. The number of nitrogens with two attached hydrogens (primary N) is 1. The lowest BCUT2D eigenvalue weighted by Crippen LogP contribution is -2.47. The number of nitrogens with one attached hydrogen (secondary N) is 1. The minimum atomic E-state index is -3.85. The topological polar surface area (TPSA) is 151 Å². The Kier molecular flexibility index (Phi) is 5.69. The summed E-state index contributed by atoms with van der Waals surface area (Å²) >= 11 is 0. The second-order valence-electron chi connectivity index (χ2n) is 7.85. The highest BCUT2D eigenvalue weighted by atomic mass is 32.2. The van der Waals surface area contributed by atoms with Crippen LogP contribution >= 0.6 is 0 Å². The Morgan fingerprint density at radius 2 is 2.00 bits per heavy atom. The Labute approximate surface area is 156 Å². The number of amides is 1. The van der Waals surface area contributed by atoms with Gasteiger partial charge in [-0.15, -0.1) is 0 Å². The lowest BCUT2D eigenvalue weighted by atomic mass is 9.75. The molecule has 0 saturated carbocycles. The standard InChI is InChI=1S/C16H25N3O7S/c1-8-7-19(15(22)18-14(8)21)10-6-9(26-27(5,23)24)12(25-10)11(13(17)20)16(2,3)4/h7,9-12H,6H2,1-5H3,(H2,17,20)(H,18,21,22)/t9-,10+,11?,12-/m0/s1. The highest BCUT2D eigenvalue weighted by Gasteiger charge is 2.49. The van der Waals surface area contributed by atoms with Crippen LogP contribution in [0, 0.1) is 18.3 Å². The van der Waals surface area contributed by atoms with Gasteiger partial charge < -0.3 is 10.5 Å². The van der Waals surface area contributed by atoms with Crippen LogP contribution in [0.3, 0.4) is 0 Å². The Balaban J connectivity index is 2.49. The van der Waals surface area contributed by atoms with Gasteiger partial charge in [0.1, 0.15) is 12.3 Å². The molecule has 11 heteroatoms. The second-order valence-corrected chi connectivity index (χ2v) is 9.46. The Morgan fingerprint density at radius 3 is 2.48 bits per heavy atom. The van der Waals surface area contributed by atoms with Crippen LogP contribution in [0.2, 0.25) is 0 Å². The average Bonchev–Trinajstić information content (AvgIpc) is 2.82. The molecule has 0 radical (unpaired) electrons. The predicted octanol–water partition coefficient (Wildman–Crippen LogP) is -0.375. The molecule has 1 saturated heterocycles. The summed E-state index contributed by atoms with van der Waals surface area (Å²) < 4.78 is 35.5. The monoisotopic (exact) mass is 403 g/mol. The van der Waals surface area contributed by atoms with Crippen molar-refractivity contribution >= 4 is 16.0 Å². The van der Waals surface area contributed by atoms with Gasteiger partial charge >= 0.3 is 5.69 Å². The molecule has 10 nitrogen and oxygen atoms in total. The first-order chi connectivity index (χ1) is 12.2. The summed E-state index contributed by atoms with van der Waals surface area (Å²) in [5.41, 5.74) is 3.95. The molecule has 152 valence electrons. The van der Waals surface area contributed by atoms with E-state index in [2.05, 4.69) is 4.98 Å². The quantitative estimate of drug-likeness (QED) is 0.636. The first kappa shape index (κ1) is 21.3. The van der Waals surface area contributed by atoms with Gasteiger partial charge in [-0.3, -0.25) is 23.3 Å². The van der Waals surface area contributed by atoms with Crippen molar-refractivity contribution in [3.05, 3.63) is 32.6 Å². The Bertz CT molecular complexity index is 942. The van der Waals surface area contributed by atoms with Crippen LogP contribution in [0.1, 0.15) is 39.0 Å². The molecule has 0 aromatic carbocycles. The molecule has 0 aliphatic carbocycles. The number of carbonyl (C=O) groups is 1. The molecule has 4 atom stereocenters. The van der Waals surface area contributed by atoms with Crippen LogP contribution in [0.15, 0.2) is 15.8 Å². The number of primary amides is 1. The second kappa shape index (κ2) is 7.21. The van der Waals surface area contributed by atoms with Crippen LogP contribution in [0.25, 0.3) is 0 Å². The summed E-state index contributed by atoms with van der Waals surface area (Å²) in [5, 5.41) is 0. The highest BCUT2D eigenvalue weighted by Crippen LogP contribution is 2.41. The lowest BCUT2D eigenvalue weighted by Gasteiger charge is -2.34. The summed E-state index contributed by atoms with van der Waals surface area (Å²) in [4.78, 5) is 38.0. The number of aromatic nitrogens is 2. The van der Waals surface area contributed by atoms with Gasteiger partial charge in [0.05, 0.1) is 18.3 Å². The molecule has 0 bridgehead atoms. The van der Waals surface area contributed by atoms with E-state index < -0.39 is 57.0 Å². The molecule has 27 heavy (non-hydrogen) atoms. The molecule has 1 unspecified atom stereocenters. The molecule has 3 N–H and O–H groups in total. The fourth-order valence-electron chi connectivity index (χ4n) is 3.33. The lowest BCUT2D eigenvalue weighted by molar-refractivity contribution is -0.137. The van der Waals surface area contributed by atoms with Crippen molar-refractivity contribution in [3.8, 4) is 0 Å². The smallest absolute Gasteiger partial charge is 0.330 e. The molecule has 1 aromatic rings. The number of carbonyl (C=O) groups excluding carboxylic acids is 1. The molecule has 0 spiro atoms. The van der Waals surface area contributed by atoms with Gasteiger partial charge in [0.15, 0.2) is 0 Å². The Morgan fingerprint density at radius 1 is 1.41 bits per heavy atom. The number of H-pyrrole nitrogens is 1. The number of hydrogen-bond acceptors (Lipinski definition) is 7. The minimum Gasteiger partial charge on any atom is -0.369 e. The third-order valence-electron chi connectivity index (χ3n) is 4.44. The average molecular weight is 403 g/mol. The van der Waals surface area contributed by atoms with Crippen LogP contribution in [0.4, 0.5) is 0 Å². The number of hydrogen-bond donors (Lipinski definition) is 2. The first-order valence-corrected chi connectivity index (χ1v) is 10.2. The fourth-order valence-corrected chi connectivity index (χ4v) is 3.97. The SMILES string of the molecule is Cc1cn([C@H]2C[C@H](OS(C)(=O)=O)[C@@H](C(C(N)=O)C(C)(C)C)O2)c(=O)[nH]c1=O. The molecule has 1 aromatic heterocycles. The number of aryl methyl sites for hydroxylation is 1. The zero-order chi connectivity index (χ0) is 20.7. The Hall–Kier alpha value is -1.98. The zero-order valence-electron chi connectivity index (χ0n) is 15.9. The van der Waals surface area contributed by atoms with Crippen molar-refractivity contribution in [2.45, 2.75) is 52.6 Å². The summed E-state index contributed by atoms with van der Waals surface area (Å²) in [6.45, 7) is 6.83. The summed E-state index contributed by atoms with van der Waals surface area (Å²) in [5.74, 6) is -1.53. The number of nitrogens with zero attached hydrogens (tertiary/aromatic N) is 1. The molecular formula is C16H25N3O7S. The van der Waals surface area contributed by atoms with Gasteiger partial charge in [-0.1, -0.05) is 20.8 Å². The van der Waals surface area contributed by atoms with Crippen LogP contribution < -0.4 is 17.0 Å². The van der Waals surface area contributed by atoms with E-state index in [0.717, 1.165) is 10.8 Å². The molecule has 2 heterocycles. The summed E-state index contributed by atoms with van der Waals surface area (Å²) in [6.07, 6.45) is -0.717. The fraction of sp³-hybridized carbons (Fsp3) is 0.688. The zero-order valence-corrected chi connectivity index (χ0v) is 16.7. The van der Waals surface area contributed by atoms with Crippen LogP contribution in [-0.4, -0.2) is 42.3 Å². The van der Waals surface area contributed by atoms with E-state index >= 15 is 0 Å². The van der Waals surface area contributed by atoms with E-state index in [-0.39, 0.29) is 12.0 Å². The van der Waals surface area contributed by atoms with Gasteiger partial charge in [0.2, 0.25) is 5.91 Å². The van der Waals surface area contributed by atoms with E-state index in [4.69, 9.17) is 14.7 Å². The van der Waals surface area contributed by atoms with E-state index in [1.54, 1.807) is 20.8 Å². The first-order valence-electron chi connectivity index (χ1n) is 8.36. The van der Waals surface area contributed by atoms with Gasteiger partial charge in [0, 0.05) is 18.2 Å². The van der Waals surface area contributed by atoms with Gasteiger partial charge in [-0.2, -0.15) is 8.42 Å². The predicted molar refractivity (Wildman–Crippen MR) is 96.4 cm³/mol. The highest BCUT2D eigenvalue weighted by molar-refractivity contribution is 7.86. The van der Waals surface area contributed by atoms with Crippen LogP contribution in [0.5, 0.6) is 0 Å². The largest absolute Gasteiger partial charge is 0.369 e. The van der Waals surface area contributed by atoms with Gasteiger partial charge in [-0.25, -0.2) is 4.79 Å². The van der Waals surface area contributed by atoms with E-state index in [1.165, 1.54) is 13.1 Å². The van der Waals surface area contributed by atoms with Crippen LogP contribution in [-0.2, 0) is 23.8 Å². The normalized spacial score (nSPS) is 24.7. The van der Waals surface area contributed by atoms with Crippen molar-refractivity contribution in [2.75, 3.05) is 6.26 Å².